The van der Waals surface area contributed by atoms with Crippen molar-refractivity contribution in [1.29, 1.82) is 0 Å². The zero-order chi connectivity index (χ0) is 25.0. The van der Waals surface area contributed by atoms with Crippen LogP contribution >= 0.6 is 0 Å². The molecule has 1 aliphatic carbocycles. The summed E-state index contributed by atoms with van der Waals surface area (Å²) in [5, 5.41) is 9.16. The van der Waals surface area contributed by atoms with Gasteiger partial charge in [0.15, 0.2) is 0 Å². The molecule has 0 spiro atoms. The van der Waals surface area contributed by atoms with E-state index in [0.717, 1.165) is 37.1 Å². The summed E-state index contributed by atoms with van der Waals surface area (Å²) in [6.45, 7) is 0.703. The lowest BCUT2D eigenvalue weighted by molar-refractivity contribution is -0.114. The number of carbonyl (C=O) groups is 2. The summed E-state index contributed by atoms with van der Waals surface area (Å²) < 4.78 is 5.97. The van der Waals surface area contributed by atoms with E-state index >= 15 is 0 Å². The first kappa shape index (κ1) is 25.3. The number of benzene rings is 3. The molecule has 0 aromatic heterocycles. The topological polar surface area (TPSA) is 79.5 Å². The third-order valence-corrected chi connectivity index (χ3v) is 6.41. The van der Waals surface area contributed by atoms with E-state index in [2.05, 4.69) is 28.1 Å². The Kier molecular flexibility index (Phi) is 9.37. The molecule has 36 heavy (non-hydrogen) atoms. The molecule has 188 valence electrons. The van der Waals surface area contributed by atoms with E-state index in [9.17, 15) is 9.59 Å². The molecule has 0 atom stereocenters. The van der Waals surface area contributed by atoms with Crippen LogP contribution in [0, 0.1) is 0 Å². The highest BCUT2D eigenvalue weighted by atomic mass is 16.5. The molecule has 1 aliphatic rings. The van der Waals surface area contributed by atoms with E-state index in [1.165, 1.54) is 24.8 Å². The number of para-hydroxylation sites is 2. The fraction of sp³-hybridized carbons (Fsp3) is 0.333. The van der Waals surface area contributed by atoms with Crippen LogP contribution in [0.1, 0.15) is 54.4 Å². The highest BCUT2D eigenvalue weighted by molar-refractivity contribution is 5.96. The van der Waals surface area contributed by atoms with Crippen LogP contribution in [0.5, 0.6) is 5.75 Å². The average molecular weight is 486 g/mol. The molecule has 2 amide bonds. The molecule has 0 heterocycles. The molecule has 1 fully saturated rings. The second-order valence-electron chi connectivity index (χ2n) is 9.22. The molecule has 4 rings (SSSR count). The van der Waals surface area contributed by atoms with E-state index in [1.54, 1.807) is 24.3 Å². The minimum Gasteiger partial charge on any atom is -0.491 e. The van der Waals surface area contributed by atoms with Crippen molar-refractivity contribution in [3.63, 3.8) is 0 Å². The van der Waals surface area contributed by atoms with Crippen molar-refractivity contribution < 1.29 is 14.3 Å². The average Bonchev–Trinajstić information content (AvgIpc) is 2.92. The number of nitrogens with one attached hydrogen (secondary N) is 3. The van der Waals surface area contributed by atoms with Crippen LogP contribution in [0.3, 0.4) is 0 Å². The van der Waals surface area contributed by atoms with Gasteiger partial charge >= 0.3 is 0 Å². The number of hydrogen-bond donors (Lipinski definition) is 3. The molecule has 3 aromatic rings. The number of ether oxygens (including phenoxy) is 1. The number of hydrogen-bond acceptors (Lipinski definition) is 4. The van der Waals surface area contributed by atoms with E-state index in [-0.39, 0.29) is 24.4 Å². The van der Waals surface area contributed by atoms with Gasteiger partial charge in [0.05, 0.1) is 18.8 Å². The van der Waals surface area contributed by atoms with E-state index in [4.69, 9.17) is 4.74 Å². The van der Waals surface area contributed by atoms with Crippen molar-refractivity contribution in [3.05, 3.63) is 90.0 Å². The molecular formula is C30H35N3O3. The van der Waals surface area contributed by atoms with Crippen LogP contribution < -0.4 is 20.7 Å². The standard InChI is InChI=1S/C30H35N3O3/c34-29(32-26-19-17-24(18-20-26)30(35)33-25-13-5-2-6-14-25)22-31-27-15-7-8-16-28(27)36-21-9-12-23-10-3-1-4-11-23/h1,3-4,7-8,10-11,15-20,25,31H,2,5-6,9,12-14,21-22H2,(H,32,34)(H,33,35). The summed E-state index contributed by atoms with van der Waals surface area (Å²) in [4.78, 5) is 25.0. The van der Waals surface area contributed by atoms with Gasteiger partial charge in [0.2, 0.25) is 5.91 Å². The van der Waals surface area contributed by atoms with E-state index < -0.39 is 0 Å². The van der Waals surface area contributed by atoms with Gasteiger partial charge in [-0.05, 0) is 67.6 Å². The first-order chi connectivity index (χ1) is 17.7. The lowest BCUT2D eigenvalue weighted by Gasteiger charge is -2.22. The molecule has 0 saturated heterocycles. The Morgan fingerprint density at radius 2 is 1.56 bits per heavy atom. The molecule has 0 bridgehead atoms. The predicted octanol–water partition coefficient (Wildman–Crippen LogP) is 5.81. The second-order valence-corrected chi connectivity index (χ2v) is 9.22. The van der Waals surface area contributed by atoms with Gasteiger partial charge in [-0.1, -0.05) is 61.7 Å². The second kappa shape index (κ2) is 13.3. The zero-order valence-electron chi connectivity index (χ0n) is 20.7. The monoisotopic (exact) mass is 485 g/mol. The Morgan fingerprint density at radius 3 is 2.33 bits per heavy atom. The van der Waals surface area contributed by atoms with Gasteiger partial charge in [-0.15, -0.1) is 0 Å². The normalized spacial score (nSPS) is 13.6. The van der Waals surface area contributed by atoms with Crippen LogP contribution in [0.25, 0.3) is 0 Å². The molecule has 3 aromatic carbocycles. The van der Waals surface area contributed by atoms with Crippen LogP contribution in [0.4, 0.5) is 11.4 Å². The molecule has 6 nitrogen and oxygen atoms in total. The van der Waals surface area contributed by atoms with Crippen LogP contribution in [0.2, 0.25) is 0 Å². The van der Waals surface area contributed by atoms with Gasteiger partial charge in [0.1, 0.15) is 5.75 Å². The summed E-state index contributed by atoms with van der Waals surface area (Å²) in [6.07, 6.45) is 7.57. The van der Waals surface area contributed by atoms with Crippen molar-refractivity contribution in [2.45, 2.75) is 51.0 Å². The number of anilines is 2. The summed E-state index contributed by atoms with van der Waals surface area (Å²) in [6, 6.07) is 25.3. The molecule has 0 aliphatic heterocycles. The van der Waals surface area contributed by atoms with Crippen molar-refractivity contribution in [2.24, 2.45) is 0 Å². The van der Waals surface area contributed by atoms with Crippen molar-refractivity contribution in [3.8, 4) is 5.75 Å². The number of aryl methyl sites for hydroxylation is 1. The maximum atomic E-state index is 12.5. The van der Waals surface area contributed by atoms with Gasteiger partial charge in [-0.25, -0.2) is 0 Å². The highest BCUT2D eigenvalue weighted by Crippen LogP contribution is 2.24. The quantitative estimate of drug-likeness (QED) is 0.299. The summed E-state index contributed by atoms with van der Waals surface area (Å²) in [7, 11) is 0. The predicted molar refractivity (Wildman–Crippen MR) is 145 cm³/mol. The van der Waals surface area contributed by atoms with Crippen molar-refractivity contribution in [1.82, 2.24) is 5.32 Å². The molecule has 3 N–H and O–H groups in total. The summed E-state index contributed by atoms with van der Waals surface area (Å²) >= 11 is 0. The van der Waals surface area contributed by atoms with Gasteiger partial charge in [0.25, 0.3) is 5.91 Å². The maximum absolute atomic E-state index is 12.5. The van der Waals surface area contributed by atoms with Crippen molar-refractivity contribution in [2.75, 3.05) is 23.8 Å². The fourth-order valence-electron chi connectivity index (χ4n) is 4.44. The third-order valence-electron chi connectivity index (χ3n) is 6.41. The van der Waals surface area contributed by atoms with E-state index in [0.29, 0.717) is 17.9 Å². The largest absolute Gasteiger partial charge is 0.491 e. The van der Waals surface area contributed by atoms with Crippen LogP contribution in [-0.2, 0) is 11.2 Å². The maximum Gasteiger partial charge on any atom is 0.251 e. The lowest BCUT2D eigenvalue weighted by Crippen LogP contribution is -2.36. The van der Waals surface area contributed by atoms with Gasteiger partial charge in [0, 0.05) is 17.3 Å². The van der Waals surface area contributed by atoms with Gasteiger partial charge in [-0.2, -0.15) is 0 Å². The molecule has 6 heteroatoms. The molecule has 0 radical (unpaired) electrons. The molecule has 0 unspecified atom stereocenters. The lowest BCUT2D eigenvalue weighted by atomic mass is 9.95. The minimum absolute atomic E-state index is 0.0539. The summed E-state index contributed by atoms with van der Waals surface area (Å²) in [5.41, 5.74) is 3.33. The Bertz CT molecular complexity index is 1110. The molecule has 1 saturated carbocycles. The SMILES string of the molecule is O=C(CNc1ccccc1OCCCc1ccccc1)Nc1ccc(C(=O)NC2CCCCC2)cc1. The first-order valence-electron chi connectivity index (χ1n) is 12.9. The van der Waals surface area contributed by atoms with Crippen LogP contribution in [0.15, 0.2) is 78.9 Å². The third kappa shape index (κ3) is 7.87. The number of amides is 2. The Labute approximate surface area is 213 Å². The number of carbonyl (C=O) groups excluding carboxylic acids is 2. The van der Waals surface area contributed by atoms with Crippen molar-refractivity contribution >= 4 is 23.2 Å². The first-order valence-corrected chi connectivity index (χ1v) is 12.9. The Morgan fingerprint density at radius 1 is 0.833 bits per heavy atom. The Hall–Kier alpha value is -3.80. The molecular weight excluding hydrogens is 450 g/mol. The van der Waals surface area contributed by atoms with Gasteiger partial charge in [-0.3, -0.25) is 9.59 Å². The summed E-state index contributed by atoms with van der Waals surface area (Å²) in [5.74, 6) is 0.502. The minimum atomic E-state index is -0.173. The fourth-order valence-corrected chi connectivity index (χ4v) is 4.44. The zero-order valence-corrected chi connectivity index (χ0v) is 20.7. The van der Waals surface area contributed by atoms with Gasteiger partial charge < -0.3 is 20.7 Å². The number of rotatable bonds is 11. The Balaban J connectivity index is 1.21. The highest BCUT2D eigenvalue weighted by Gasteiger charge is 2.16. The van der Waals surface area contributed by atoms with Crippen LogP contribution in [-0.4, -0.2) is 31.0 Å². The van der Waals surface area contributed by atoms with E-state index in [1.807, 2.05) is 42.5 Å². The smallest absolute Gasteiger partial charge is 0.251 e.